The molecule has 2 heteroatoms. The van der Waals surface area contributed by atoms with Crippen molar-refractivity contribution in [2.75, 3.05) is 41.3 Å². The summed E-state index contributed by atoms with van der Waals surface area (Å²) in [7, 11) is 8.28. The third kappa shape index (κ3) is 217. The second-order valence-corrected chi connectivity index (χ2v) is 15.2. The summed E-state index contributed by atoms with van der Waals surface area (Å²) in [5, 5.41) is 0. The molecule has 49 heavy (non-hydrogen) atoms. The van der Waals surface area contributed by atoms with Gasteiger partial charge in [-0.15, -0.1) is 0 Å². The van der Waals surface area contributed by atoms with Crippen LogP contribution in [0.15, 0.2) is 47.1 Å². The van der Waals surface area contributed by atoms with Crippen LogP contribution in [0.4, 0.5) is 0 Å². The number of allylic oxidation sites excluding steroid dienone is 8. The number of hydrogen-bond donors (Lipinski definition) is 0. The highest BCUT2D eigenvalue weighted by Crippen LogP contribution is 2.00. The van der Waals surface area contributed by atoms with E-state index in [1.165, 1.54) is 61.8 Å². The first-order chi connectivity index (χ1) is 22.4. The maximum atomic E-state index is 2.25. The van der Waals surface area contributed by atoms with E-state index in [2.05, 4.69) is 214 Å². The van der Waals surface area contributed by atoms with Crippen molar-refractivity contribution in [3.63, 3.8) is 0 Å². The molecule has 0 saturated carbocycles. The minimum atomic E-state index is 0.718. The maximum Gasteiger partial charge on any atom is -0.00275 e. The van der Waals surface area contributed by atoms with Crippen molar-refractivity contribution in [1.82, 2.24) is 9.80 Å². The Kier molecular flexibility index (Phi) is 92.7. The molecule has 0 aliphatic rings. The zero-order chi connectivity index (χ0) is 41.4. The van der Waals surface area contributed by atoms with Crippen LogP contribution in [0, 0.1) is 23.7 Å². The first-order valence-electron chi connectivity index (χ1n) is 20.2. The van der Waals surface area contributed by atoms with Gasteiger partial charge in [-0.2, -0.15) is 0 Å². The normalized spacial score (nSPS) is 9.69. The second kappa shape index (κ2) is 65.3. The summed E-state index contributed by atoms with van der Waals surface area (Å²) >= 11 is 0. The zero-order valence-corrected chi connectivity index (χ0v) is 40.2. The quantitative estimate of drug-likeness (QED) is 0.221. The van der Waals surface area contributed by atoms with Crippen LogP contribution in [0.2, 0.25) is 0 Å². The summed E-state index contributed by atoms with van der Waals surface area (Å²) in [4.78, 5) is 4.31. The van der Waals surface area contributed by atoms with E-state index in [1.54, 1.807) is 0 Å². The third-order valence-electron chi connectivity index (χ3n) is 5.80. The fourth-order valence-electron chi connectivity index (χ4n) is 2.02. The highest BCUT2D eigenvalue weighted by Gasteiger charge is 1.85. The summed E-state index contributed by atoms with van der Waals surface area (Å²) in [5.41, 5.74) is 4.26. The van der Waals surface area contributed by atoms with Gasteiger partial charge in [0.05, 0.1) is 0 Å². The van der Waals surface area contributed by atoms with Gasteiger partial charge in [-0.25, -0.2) is 0 Å². The topological polar surface area (TPSA) is 6.48 Å². The van der Waals surface area contributed by atoms with Gasteiger partial charge in [0.25, 0.3) is 0 Å². The van der Waals surface area contributed by atoms with Crippen molar-refractivity contribution in [3.8, 4) is 0 Å². The highest BCUT2D eigenvalue weighted by atomic mass is 15.0. The lowest BCUT2D eigenvalue weighted by atomic mass is 10.1. The lowest BCUT2D eigenvalue weighted by Crippen LogP contribution is -2.11. The van der Waals surface area contributed by atoms with Gasteiger partial charge < -0.3 is 9.80 Å². The predicted molar refractivity (Wildman–Crippen MR) is 243 cm³/mol. The Morgan fingerprint density at radius 3 is 0.939 bits per heavy atom. The molecule has 0 amide bonds. The van der Waals surface area contributed by atoms with Crippen LogP contribution < -0.4 is 0 Å². The Bertz CT molecular complexity index is 585. The molecule has 0 spiro atoms. The fraction of sp³-hybridized carbons (Fsp3) is 0.830. The molecular formula is C47H106N2. The largest absolute Gasteiger partial charge is 0.310 e. The molecule has 0 bridgehead atoms. The van der Waals surface area contributed by atoms with E-state index in [0.717, 1.165) is 30.2 Å². The summed E-state index contributed by atoms with van der Waals surface area (Å²) in [6, 6.07) is 0. The smallest absolute Gasteiger partial charge is 0.00275 e. The van der Waals surface area contributed by atoms with Crippen LogP contribution in [0.1, 0.15) is 198 Å². The van der Waals surface area contributed by atoms with Crippen LogP contribution in [0.3, 0.4) is 0 Å². The van der Waals surface area contributed by atoms with Crippen molar-refractivity contribution in [2.24, 2.45) is 23.7 Å². The van der Waals surface area contributed by atoms with Crippen molar-refractivity contribution < 1.29 is 0 Å². The first kappa shape index (κ1) is 69.6. The zero-order valence-electron chi connectivity index (χ0n) is 40.2. The van der Waals surface area contributed by atoms with Crippen LogP contribution in [0.25, 0.3) is 0 Å². The number of nitrogens with zero attached hydrogens (tertiary/aromatic N) is 2. The van der Waals surface area contributed by atoms with Crippen LogP contribution >= 0.6 is 0 Å². The average Bonchev–Trinajstić information content (AvgIpc) is 2.98. The number of hydrogen-bond acceptors (Lipinski definition) is 2. The first-order valence-corrected chi connectivity index (χ1v) is 20.2. The second-order valence-electron chi connectivity index (χ2n) is 15.2. The SMILES string of the molecule is C/C=C(/C)CC.C/C=C\C(C)C.CC(C)C.CC=C(C)C.CCC(C)C.CCC=C(C)C.CCCC(C)C.CCCN(C)C.CCN(C)C. The average molecular weight is 699 g/mol. The molecule has 304 valence electrons. The Morgan fingerprint density at radius 2 is 0.939 bits per heavy atom. The molecule has 0 rings (SSSR count). The van der Waals surface area contributed by atoms with E-state index < -0.39 is 0 Å². The molecule has 0 unspecified atom stereocenters. The Morgan fingerprint density at radius 1 is 0.571 bits per heavy atom. The van der Waals surface area contributed by atoms with Gasteiger partial charge in [0.2, 0.25) is 0 Å². The molecule has 0 heterocycles. The summed E-state index contributed by atoms with van der Waals surface area (Å²) in [6.45, 7) is 51.8. The van der Waals surface area contributed by atoms with Gasteiger partial charge >= 0.3 is 0 Å². The van der Waals surface area contributed by atoms with Gasteiger partial charge in [0.1, 0.15) is 0 Å². The van der Waals surface area contributed by atoms with E-state index >= 15 is 0 Å². The minimum Gasteiger partial charge on any atom is -0.310 e. The van der Waals surface area contributed by atoms with Gasteiger partial charge in [0.15, 0.2) is 0 Å². The Hall–Kier alpha value is -1.12. The molecule has 0 atom stereocenters. The molecule has 0 aliphatic heterocycles. The van der Waals surface area contributed by atoms with Gasteiger partial charge in [0, 0.05) is 0 Å². The van der Waals surface area contributed by atoms with Crippen molar-refractivity contribution >= 4 is 0 Å². The van der Waals surface area contributed by atoms with Crippen LogP contribution in [-0.2, 0) is 0 Å². The van der Waals surface area contributed by atoms with Crippen molar-refractivity contribution in [1.29, 1.82) is 0 Å². The summed E-state index contributed by atoms with van der Waals surface area (Å²) in [6.07, 6.45) is 18.3. The molecule has 0 N–H and O–H groups in total. The fourth-order valence-corrected chi connectivity index (χ4v) is 2.02. The molecule has 0 saturated heterocycles. The molecule has 0 aliphatic carbocycles. The van der Waals surface area contributed by atoms with Crippen molar-refractivity contribution in [2.45, 2.75) is 198 Å². The minimum absolute atomic E-state index is 0.718. The lowest BCUT2D eigenvalue weighted by molar-refractivity contribution is 0.408. The van der Waals surface area contributed by atoms with Crippen LogP contribution in [0.5, 0.6) is 0 Å². The third-order valence-corrected chi connectivity index (χ3v) is 5.80. The highest BCUT2D eigenvalue weighted by molar-refractivity contribution is 4.93. The van der Waals surface area contributed by atoms with E-state index in [1.807, 2.05) is 13.8 Å². The Labute approximate surface area is 318 Å². The van der Waals surface area contributed by atoms with Crippen LogP contribution in [-0.4, -0.2) is 51.1 Å². The monoisotopic (exact) mass is 699 g/mol. The molecule has 0 fully saturated rings. The Balaban J connectivity index is -0.0000000526. The standard InChI is InChI=1S/C6H14.3C6H12.C5H13N.C5H12.C5H10.C4H11N.C4H10/c3*1-4-5-6(2)3;1-4-6(3)5-2;1-4-5-6(2)3;3*1-4-5(2)3;1-4(2)3/h6H,4-5H2,1-3H3;5H,4H2,1-3H3;4-6H,1-3H3;4H,5H2,1-3H3;4-5H2,1-3H3;5H,4H2,1-3H3;4H,1-3H3;4H2,1-3H3;4H,1-3H3/b;;5-4-;6-4-;;;;;. The van der Waals surface area contributed by atoms with Crippen molar-refractivity contribution in [3.05, 3.63) is 47.1 Å². The maximum absolute atomic E-state index is 2.25. The molecular weight excluding hydrogens is 593 g/mol. The summed E-state index contributed by atoms with van der Waals surface area (Å²) < 4.78 is 0. The molecule has 0 aromatic rings. The summed E-state index contributed by atoms with van der Waals surface area (Å²) in [5.74, 6) is 3.33. The van der Waals surface area contributed by atoms with Gasteiger partial charge in [-0.05, 0) is 140 Å². The van der Waals surface area contributed by atoms with Gasteiger partial charge in [-0.3, -0.25) is 0 Å². The molecule has 0 aromatic heterocycles. The van der Waals surface area contributed by atoms with Gasteiger partial charge in [-0.1, -0.05) is 170 Å². The van der Waals surface area contributed by atoms with E-state index in [4.69, 9.17) is 0 Å². The molecule has 0 aromatic carbocycles. The molecule has 2 nitrogen and oxygen atoms in total. The van der Waals surface area contributed by atoms with E-state index in [9.17, 15) is 0 Å². The van der Waals surface area contributed by atoms with E-state index in [-0.39, 0.29) is 0 Å². The number of rotatable bonds is 9. The lowest BCUT2D eigenvalue weighted by Gasteiger charge is -2.03. The predicted octanol–water partition coefficient (Wildman–Crippen LogP) is 16.6. The molecule has 0 radical (unpaired) electrons. The van der Waals surface area contributed by atoms with E-state index in [0.29, 0.717) is 0 Å².